The van der Waals surface area contributed by atoms with Gasteiger partial charge in [0.15, 0.2) is 0 Å². The van der Waals surface area contributed by atoms with Crippen LogP contribution in [-0.2, 0) is 16.6 Å². The number of benzene rings is 1. The van der Waals surface area contributed by atoms with E-state index in [-0.39, 0.29) is 11.6 Å². The minimum absolute atomic E-state index is 0.0361. The average Bonchev–Trinajstić information content (AvgIpc) is 2.28. The first-order valence-corrected chi connectivity index (χ1v) is 7.30. The van der Waals surface area contributed by atoms with Crippen LogP contribution in [0.4, 0.5) is 4.39 Å². The molecule has 0 radical (unpaired) electrons. The highest BCUT2D eigenvalue weighted by Gasteiger charge is 2.12. The van der Waals surface area contributed by atoms with Crippen LogP contribution < -0.4 is 5.32 Å². The van der Waals surface area contributed by atoms with Gasteiger partial charge in [-0.2, -0.15) is 0 Å². The van der Waals surface area contributed by atoms with Crippen molar-refractivity contribution in [3.63, 3.8) is 0 Å². The molecule has 0 saturated heterocycles. The monoisotopic (exact) mass is 274 g/mol. The number of halogens is 1. The molecule has 0 heterocycles. The lowest BCUT2D eigenvalue weighted by Gasteiger charge is -2.12. The summed E-state index contributed by atoms with van der Waals surface area (Å²) in [7, 11) is -0.162. The highest BCUT2D eigenvalue weighted by Crippen LogP contribution is 2.09. The maximum Gasteiger partial charge on any atom is 0.214 e. The molecule has 0 spiro atoms. The number of hydrogen-bond donors (Lipinski definition) is 1. The van der Waals surface area contributed by atoms with E-state index in [0.29, 0.717) is 13.1 Å². The third-order valence-electron chi connectivity index (χ3n) is 2.72. The van der Waals surface area contributed by atoms with Crippen LogP contribution in [0.15, 0.2) is 18.2 Å². The Morgan fingerprint density at radius 2 is 2.00 bits per heavy atom. The molecular formula is C12H19FN2O2S. The minimum Gasteiger partial charge on any atom is -0.312 e. The zero-order valence-electron chi connectivity index (χ0n) is 10.9. The number of sulfonamides is 1. The molecule has 0 saturated carbocycles. The van der Waals surface area contributed by atoms with Crippen LogP contribution >= 0.6 is 0 Å². The Labute approximate surface area is 108 Å². The van der Waals surface area contributed by atoms with Gasteiger partial charge in [-0.3, -0.25) is 0 Å². The van der Waals surface area contributed by atoms with E-state index < -0.39 is 10.0 Å². The summed E-state index contributed by atoms with van der Waals surface area (Å²) in [5.41, 5.74) is 1.83. The van der Waals surface area contributed by atoms with E-state index in [1.165, 1.54) is 30.5 Å². The quantitative estimate of drug-likeness (QED) is 0.791. The van der Waals surface area contributed by atoms with Gasteiger partial charge < -0.3 is 5.32 Å². The summed E-state index contributed by atoms with van der Waals surface area (Å²) in [6, 6.07) is 4.58. The SMILES string of the molecule is Cc1ccc(F)cc1CNCCS(=O)(=O)N(C)C. The molecule has 0 aliphatic heterocycles. The molecule has 102 valence electrons. The fourth-order valence-corrected chi connectivity index (χ4v) is 2.20. The Balaban J connectivity index is 2.46. The van der Waals surface area contributed by atoms with Gasteiger partial charge in [-0.15, -0.1) is 0 Å². The van der Waals surface area contributed by atoms with E-state index >= 15 is 0 Å². The third kappa shape index (κ3) is 4.36. The third-order valence-corrected chi connectivity index (χ3v) is 4.55. The molecule has 0 aliphatic rings. The fraction of sp³-hybridized carbons (Fsp3) is 0.500. The molecule has 1 rings (SSSR count). The number of nitrogens with one attached hydrogen (secondary N) is 1. The molecule has 0 aromatic heterocycles. The second kappa shape index (κ2) is 6.26. The minimum atomic E-state index is -3.17. The van der Waals surface area contributed by atoms with Crippen molar-refractivity contribution in [1.82, 2.24) is 9.62 Å². The van der Waals surface area contributed by atoms with E-state index in [9.17, 15) is 12.8 Å². The van der Waals surface area contributed by atoms with Gasteiger partial charge in [0.05, 0.1) is 5.75 Å². The molecule has 1 aromatic rings. The summed E-state index contributed by atoms with van der Waals surface area (Å²) in [5.74, 6) is -0.243. The highest BCUT2D eigenvalue weighted by atomic mass is 32.2. The number of aryl methyl sites for hydroxylation is 1. The molecule has 1 aromatic carbocycles. The highest BCUT2D eigenvalue weighted by molar-refractivity contribution is 7.89. The van der Waals surface area contributed by atoms with E-state index in [1.807, 2.05) is 6.92 Å². The molecule has 18 heavy (non-hydrogen) atoms. The van der Waals surface area contributed by atoms with Crippen molar-refractivity contribution < 1.29 is 12.8 Å². The Morgan fingerprint density at radius 3 is 2.61 bits per heavy atom. The zero-order chi connectivity index (χ0) is 13.8. The van der Waals surface area contributed by atoms with Crippen LogP contribution in [0.5, 0.6) is 0 Å². The van der Waals surface area contributed by atoms with Crippen LogP contribution in [-0.4, -0.2) is 39.1 Å². The van der Waals surface area contributed by atoms with Gasteiger partial charge in [0.1, 0.15) is 5.82 Å². The summed E-state index contributed by atoms with van der Waals surface area (Å²) in [6.07, 6.45) is 0. The molecular weight excluding hydrogens is 255 g/mol. The number of hydrogen-bond acceptors (Lipinski definition) is 3. The standard InChI is InChI=1S/C12H19FN2O2S/c1-10-4-5-12(13)8-11(10)9-14-6-7-18(16,17)15(2)3/h4-5,8,14H,6-7,9H2,1-3H3. The smallest absolute Gasteiger partial charge is 0.214 e. The van der Waals surface area contributed by atoms with Gasteiger partial charge in [-0.25, -0.2) is 17.1 Å². The topological polar surface area (TPSA) is 49.4 Å². The van der Waals surface area contributed by atoms with Crippen molar-refractivity contribution in [2.24, 2.45) is 0 Å². The lowest BCUT2D eigenvalue weighted by atomic mass is 10.1. The molecule has 0 unspecified atom stereocenters. The summed E-state index contributed by atoms with van der Waals surface area (Å²) in [5, 5.41) is 3.01. The first-order chi connectivity index (χ1) is 8.33. The van der Waals surface area contributed by atoms with Gasteiger partial charge in [-0.05, 0) is 30.2 Å². The Morgan fingerprint density at radius 1 is 1.33 bits per heavy atom. The molecule has 4 nitrogen and oxygen atoms in total. The molecule has 0 amide bonds. The molecule has 0 bridgehead atoms. The van der Waals surface area contributed by atoms with Crippen molar-refractivity contribution in [1.29, 1.82) is 0 Å². The van der Waals surface area contributed by atoms with Crippen LogP contribution in [0.1, 0.15) is 11.1 Å². The summed E-state index contributed by atoms with van der Waals surface area (Å²) in [4.78, 5) is 0. The van der Waals surface area contributed by atoms with Gasteiger partial charge in [0.25, 0.3) is 0 Å². The Kier molecular flexibility index (Phi) is 5.25. The van der Waals surface area contributed by atoms with Crippen LogP contribution in [0, 0.1) is 12.7 Å². The van der Waals surface area contributed by atoms with E-state index in [2.05, 4.69) is 5.32 Å². The maximum absolute atomic E-state index is 13.0. The van der Waals surface area contributed by atoms with Crippen LogP contribution in [0.3, 0.4) is 0 Å². The molecule has 0 atom stereocenters. The lowest BCUT2D eigenvalue weighted by molar-refractivity contribution is 0.517. The molecule has 6 heteroatoms. The van der Waals surface area contributed by atoms with Crippen molar-refractivity contribution in [3.8, 4) is 0 Å². The van der Waals surface area contributed by atoms with E-state index in [4.69, 9.17) is 0 Å². The van der Waals surface area contributed by atoms with Crippen molar-refractivity contribution in [2.45, 2.75) is 13.5 Å². The van der Waals surface area contributed by atoms with Crippen molar-refractivity contribution >= 4 is 10.0 Å². The van der Waals surface area contributed by atoms with Gasteiger partial charge >= 0.3 is 0 Å². The summed E-state index contributed by atoms with van der Waals surface area (Å²) >= 11 is 0. The second-order valence-corrected chi connectivity index (χ2v) is 6.65. The summed E-state index contributed by atoms with van der Waals surface area (Å²) in [6.45, 7) is 2.70. The largest absolute Gasteiger partial charge is 0.312 e. The van der Waals surface area contributed by atoms with Gasteiger partial charge in [0.2, 0.25) is 10.0 Å². The first kappa shape index (κ1) is 15.1. The molecule has 1 N–H and O–H groups in total. The fourth-order valence-electron chi connectivity index (χ4n) is 1.44. The van der Waals surface area contributed by atoms with E-state index in [1.54, 1.807) is 6.07 Å². The van der Waals surface area contributed by atoms with Gasteiger partial charge in [0, 0.05) is 27.2 Å². The molecule has 0 fully saturated rings. The maximum atomic E-state index is 13.0. The lowest BCUT2D eigenvalue weighted by Crippen LogP contribution is -2.31. The van der Waals surface area contributed by atoms with Crippen LogP contribution in [0.25, 0.3) is 0 Å². The molecule has 0 aliphatic carbocycles. The van der Waals surface area contributed by atoms with E-state index in [0.717, 1.165) is 11.1 Å². The number of rotatable bonds is 6. The Hall–Kier alpha value is -0.980. The Bertz CT molecular complexity index is 501. The predicted octanol–water partition coefficient (Wildman–Crippen LogP) is 1.12. The predicted molar refractivity (Wildman–Crippen MR) is 70.3 cm³/mol. The normalized spacial score (nSPS) is 12.1. The average molecular weight is 274 g/mol. The van der Waals surface area contributed by atoms with Crippen LogP contribution in [0.2, 0.25) is 0 Å². The number of nitrogens with zero attached hydrogens (tertiary/aromatic N) is 1. The summed E-state index contributed by atoms with van der Waals surface area (Å²) < 4.78 is 37.2. The second-order valence-electron chi connectivity index (χ2n) is 4.35. The first-order valence-electron chi connectivity index (χ1n) is 5.69. The van der Waals surface area contributed by atoms with Crippen molar-refractivity contribution in [3.05, 3.63) is 35.1 Å². The zero-order valence-corrected chi connectivity index (χ0v) is 11.7. The van der Waals surface area contributed by atoms with Crippen molar-refractivity contribution in [2.75, 3.05) is 26.4 Å². The van der Waals surface area contributed by atoms with Gasteiger partial charge in [-0.1, -0.05) is 6.07 Å².